The molecule has 1 aromatic carbocycles. The van der Waals surface area contributed by atoms with Gasteiger partial charge in [-0.1, -0.05) is 59.1 Å². The molecule has 5 atom stereocenters. The minimum absolute atomic E-state index is 0.302. The lowest BCUT2D eigenvalue weighted by Crippen LogP contribution is -2.75. The van der Waals surface area contributed by atoms with Gasteiger partial charge in [-0.15, -0.1) is 0 Å². The van der Waals surface area contributed by atoms with E-state index in [0.29, 0.717) is 46.6 Å². The van der Waals surface area contributed by atoms with Gasteiger partial charge in [-0.05, 0) is 67.1 Å². The van der Waals surface area contributed by atoms with Gasteiger partial charge in [0.2, 0.25) is 0 Å². The molecule has 5 heteroatoms. The molecule has 188 valence electrons. The number of benzene rings is 1. The summed E-state index contributed by atoms with van der Waals surface area (Å²) >= 11 is 0. The number of nitrogens with zero attached hydrogens (tertiary/aromatic N) is 1. The molecule has 0 bridgehead atoms. The van der Waals surface area contributed by atoms with Crippen LogP contribution in [0.15, 0.2) is 24.3 Å². The summed E-state index contributed by atoms with van der Waals surface area (Å²) in [5, 5.41) is 17.4. The van der Waals surface area contributed by atoms with Crippen LogP contribution in [0, 0.1) is 10.8 Å². The normalized spacial score (nSPS) is 36.2. The van der Waals surface area contributed by atoms with Gasteiger partial charge in [-0.3, -0.25) is 4.90 Å². The van der Waals surface area contributed by atoms with Crippen LogP contribution in [0.4, 0.5) is 0 Å². The minimum atomic E-state index is -0.856. The van der Waals surface area contributed by atoms with E-state index < -0.39 is 5.97 Å². The largest absolute Gasteiger partial charge is 0.478 e. The Morgan fingerprint density at radius 2 is 1.56 bits per heavy atom. The van der Waals surface area contributed by atoms with Gasteiger partial charge >= 0.3 is 5.97 Å². The predicted molar refractivity (Wildman–Crippen MR) is 137 cm³/mol. The zero-order valence-electron chi connectivity index (χ0n) is 21.6. The minimum Gasteiger partial charge on any atom is -0.478 e. The molecule has 1 aromatic rings. The summed E-state index contributed by atoms with van der Waals surface area (Å²) in [5.41, 5.74) is 2.22. The maximum atomic E-state index is 11.2. The van der Waals surface area contributed by atoms with Gasteiger partial charge in [0.25, 0.3) is 0 Å². The van der Waals surface area contributed by atoms with Crippen LogP contribution in [0.5, 0.6) is 0 Å². The molecule has 2 aliphatic heterocycles. The van der Waals surface area contributed by atoms with Crippen molar-refractivity contribution in [3.63, 3.8) is 0 Å². The van der Waals surface area contributed by atoms with Gasteiger partial charge in [0, 0.05) is 42.8 Å². The fraction of sp³-hybridized carbons (Fsp3) is 0.759. The first kappa shape index (κ1) is 24.3. The number of carboxylic acid groups (broad SMARTS) is 1. The third-order valence-electron chi connectivity index (χ3n) is 9.80. The van der Waals surface area contributed by atoms with Crippen LogP contribution < -0.4 is 10.6 Å². The zero-order chi connectivity index (χ0) is 24.1. The lowest BCUT2D eigenvalue weighted by atomic mass is 9.58. The fourth-order valence-electron chi connectivity index (χ4n) is 7.65. The molecule has 2 saturated heterocycles. The average Bonchev–Trinajstić information content (AvgIpc) is 3.32. The van der Waals surface area contributed by atoms with Crippen LogP contribution in [0.2, 0.25) is 0 Å². The second-order valence-electron chi connectivity index (χ2n) is 13.0. The molecule has 4 aliphatic rings. The maximum absolute atomic E-state index is 11.2. The van der Waals surface area contributed by atoms with E-state index in [9.17, 15) is 9.90 Å². The molecule has 34 heavy (non-hydrogen) atoms. The Hall–Kier alpha value is -1.43. The monoisotopic (exact) mass is 467 g/mol. The van der Waals surface area contributed by atoms with E-state index in [1.165, 1.54) is 56.9 Å². The molecule has 5 nitrogen and oxygen atoms in total. The van der Waals surface area contributed by atoms with E-state index in [1.54, 1.807) is 12.1 Å². The summed E-state index contributed by atoms with van der Waals surface area (Å²) < 4.78 is 0. The number of rotatable bonds is 4. The van der Waals surface area contributed by atoms with Crippen LogP contribution in [0.25, 0.3) is 0 Å². The molecular weight excluding hydrogens is 422 g/mol. The molecule has 0 radical (unpaired) electrons. The molecule has 2 saturated carbocycles. The van der Waals surface area contributed by atoms with E-state index in [2.05, 4.69) is 43.2 Å². The van der Waals surface area contributed by atoms with Crippen molar-refractivity contribution in [2.24, 2.45) is 10.8 Å². The topological polar surface area (TPSA) is 64.6 Å². The van der Waals surface area contributed by atoms with E-state index in [-0.39, 0.29) is 0 Å². The van der Waals surface area contributed by atoms with Crippen LogP contribution in [0.3, 0.4) is 0 Å². The van der Waals surface area contributed by atoms with Crippen molar-refractivity contribution in [3.05, 3.63) is 35.4 Å². The van der Waals surface area contributed by atoms with Crippen molar-refractivity contribution in [2.75, 3.05) is 6.54 Å². The first-order valence-corrected chi connectivity index (χ1v) is 13.8. The van der Waals surface area contributed by atoms with Crippen molar-refractivity contribution in [2.45, 2.75) is 122 Å². The van der Waals surface area contributed by atoms with E-state index in [1.807, 2.05) is 12.1 Å². The summed E-state index contributed by atoms with van der Waals surface area (Å²) in [7, 11) is 0. The van der Waals surface area contributed by atoms with Gasteiger partial charge in [0.1, 0.15) is 0 Å². The number of fused-ring (bicyclic) bond motifs is 1. The highest BCUT2D eigenvalue weighted by atomic mass is 16.4. The number of nitrogens with one attached hydrogen (secondary N) is 2. The van der Waals surface area contributed by atoms with Gasteiger partial charge in [0.15, 0.2) is 0 Å². The van der Waals surface area contributed by atoms with Crippen LogP contribution in [-0.2, 0) is 0 Å². The Labute approximate surface area is 206 Å². The van der Waals surface area contributed by atoms with Crippen molar-refractivity contribution in [3.8, 4) is 0 Å². The van der Waals surface area contributed by atoms with E-state index >= 15 is 0 Å². The molecular formula is C29H45N3O2. The van der Waals surface area contributed by atoms with Crippen molar-refractivity contribution in [1.82, 2.24) is 15.5 Å². The molecule has 4 fully saturated rings. The number of piperazine rings is 1. The number of carbonyl (C=O) groups is 1. The fourth-order valence-corrected chi connectivity index (χ4v) is 7.65. The second-order valence-corrected chi connectivity index (χ2v) is 13.0. The standard InChI is InChI=1S/C29H45N3O2/c1-28(2)16-17-29(3,4)26-25(28)31-24(18-32(26)21-8-6-5-7-9-21)23-15-14-22(30-23)19-10-12-20(13-11-19)27(33)34/h10-13,21-26,30-31H,5-9,14-18H2,1-4H3,(H,33,34). The molecule has 0 aromatic heterocycles. The summed E-state index contributed by atoms with van der Waals surface area (Å²) in [4.78, 5) is 14.2. The summed E-state index contributed by atoms with van der Waals surface area (Å²) in [6.07, 6.45) is 11.8. The van der Waals surface area contributed by atoms with Crippen LogP contribution >= 0.6 is 0 Å². The smallest absolute Gasteiger partial charge is 0.335 e. The number of hydrogen-bond acceptors (Lipinski definition) is 4. The lowest BCUT2D eigenvalue weighted by Gasteiger charge is -2.62. The highest BCUT2D eigenvalue weighted by Crippen LogP contribution is 2.50. The Balaban J connectivity index is 1.36. The molecule has 5 rings (SSSR count). The van der Waals surface area contributed by atoms with Gasteiger partial charge in [0.05, 0.1) is 5.56 Å². The first-order chi connectivity index (χ1) is 16.2. The van der Waals surface area contributed by atoms with Crippen LogP contribution in [0.1, 0.15) is 107 Å². The SMILES string of the molecule is CC1(C)CCC(C)(C)C2C1NC(C1CCC(c3ccc(C(=O)O)cc3)N1)CN2C1CCCCC1. The number of hydrogen-bond donors (Lipinski definition) is 3. The van der Waals surface area contributed by atoms with Gasteiger partial charge < -0.3 is 15.7 Å². The molecule has 2 aliphatic carbocycles. The molecule has 3 N–H and O–H groups in total. The van der Waals surface area contributed by atoms with Gasteiger partial charge in [-0.2, -0.15) is 0 Å². The Morgan fingerprint density at radius 1 is 0.882 bits per heavy atom. The highest BCUT2D eigenvalue weighted by Gasteiger charge is 2.55. The first-order valence-electron chi connectivity index (χ1n) is 13.8. The van der Waals surface area contributed by atoms with E-state index in [4.69, 9.17) is 0 Å². The van der Waals surface area contributed by atoms with Crippen molar-refractivity contribution in [1.29, 1.82) is 0 Å². The quantitative estimate of drug-likeness (QED) is 0.556. The summed E-state index contributed by atoms with van der Waals surface area (Å²) in [6, 6.07) is 10.6. The second kappa shape index (κ2) is 9.22. The van der Waals surface area contributed by atoms with E-state index in [0.717, 1.165) is 19.0 Å². The van der Waals surface area contributed by atoms with Crippen LogP contribution in [-0.4, -0.2) is 52.7 Å². The Morgan fingerprint density at radius 3 is 2.24 bits per heavy atom. The molecule has 0 amide bonds. The third kappa shape index (κ3) is 4.56. The Kier molecular flexibility index (Phi) is 6.58. The predicted octanol–water partition coefficient (Wildman–Crippen LogP) is 5.37. The average molecular weight is 468 g/mol. The maximum Gasteiger partial charge on any atom is 0.335 e. The zero-order valence-corrected chi connectivity index (χ0v) is 21.6. The van der Waals surface area contributed by atoms with Crippen molar-refractivity contribution < 1.29 is 9.90 Å². The third-order valence-corrected chi connectivity index (χ3v) is 9.80. The summed E-state index contributed by atoms with van der Waals surface area (Å²) in [6.45, 7) is 11.2. The number of carboxylic acids is 1. The molecule has 0 spiro atoms. The number of aromatic carboxylic acids is 1. The lowest BCUT2D eigenvalue weighted by molar-refractivity contribution is -0.0927. The molecule has 2 heterocycles. The molecule has 5 unspecified atom stereocenters. The Bertz CT molecular complexity index is 874. The summed E-state index contributed by atoms with van der Waals surface area (Å²) in [5.74, 6) is -0.856. The highest BCUT2D eigenvalue weighted by molar-refractivity contribution is 5.87. The van der Waals surface area contributed by atoms with Gasteiger partial charge in [-0.25, -0.2) is 4.79 Å². The van der Waals surface area contributed by atoms with Crippen molar-refractivity contribution >= 4 is 5.97 Å².